The number of fused-ring (bicyclic) bond motifs is 1. The van der Waals surface area contributed by atoms with Crippen LogP contribution in [0.5, 0.6) is 5.75 Å². The number of nitrogens with two attached hydrogens (primary N) is 1. The number of nitrogens with one attached hydrogen (secondary N) is 1. The lowest BCUT2D eigenvalue weighted by Gasteiger charge is -2.00. The zero-order valence-electron chi connectivity index (χ0n) is 11.5. The van der Waals surface area contributed by atoms with Crippen LogP contribution in [0.25, 0.3) is 10.2 Å². The highest BCUT2D eigenvalue weighted by atomic mass is 32.1. The van der Waals surface area contributed by atoms with Crippen molar-refractivity contribution in [3.63, 3.8) is 0 Å². The highest BCUT2D eigenvalue weighted by molar-refractivity contribution is 7.22. The van der Waals surface area contributed by atoms with Gasteiger partial charge in [-0.3, -0.25) is 4.79 Å². The van der Waals surface area contributed by atoms with Gasteiger partial charge in [0, 0.05) is 13.0 Å². The average molecular weight is 293 g/mol. The van der Waals surface area contributed by atoms with Gasteiger partial charge in [-0.05, 0) is 38.0 Å². The van der Waals surface area contributed by atoms with Crippen LogP contribution in [0.2, 0.25) is 0 Å². The van der Waals surface area contributed by atoms with Crippen LogP contribution in [0.4, 0.5) is 5.13 Å². The molecule has 1 aromatic carbocycles. The van der Waals surface area contributed by atoms with E-state index in [2.05, 4.69) is 10.3 Å². The van der Waals surface area contributed by atoms with E-state index in [0.29, 0.717) is 13.0 Å². The summed E-state index contributed by atoms with van der Waals surface area (Å²) in [6.07, 6.45) is 2.16. The van der Waals surface area contributed by atoms with E-state index in [-0.39, 0.29) is 5.91 Å². The van der Waals surface area contributed by atoms with E-state index in [4.69, 9.17) is 10.5 Å². The number of carbonyl (C=O) groups excluding carboxylic acids is 1. The molecule has 0 radical (unpaired) electrons. The molecule has 0 saturated heterocycles. The predicted molar refractivity (Wildman–Crippen MR) is 82.3 cm³/mol. The number of amides is 1. The van der Waals surface area contributed by atoms with Crippen molar-refractivity contribution in [2.45, 2.75) is 26.2 Å². The smallest absolute Gasteiger partial charge is 0.217 e. The fourth-order valence-electron chi connectivity index (χ4n) is 1.86. The molecule has 0 unspecified atom stereocenters. The lowest BCUT2D eigenvalue weighted by molar-refractivity contribution is -0.118. The minimum absolute atomic E-state index is 0.242. The first-order valence-corrected chi connectivity index (χ1v) is 7.56. The Morgan fingerprint density at radius 3 is 3.05 bits per heavy atom. The molecule has 3 N–H and O–H groups in total. The van der Waals surface area contributed by atoms with Gasteiger partial charge in [-0.15, -0.1) is 0 Å². The van der Waals surface area contributed by atoms with Crippen molar-refractivity contribution in [3.8, 4) is 5.75 Å². The second-order valence-corrected chi connectivity index (χ2v) is 5.46. The summed E-state index contributed by atoms with van der Waals surface area (Å²) in [6, 6.07) is 5.91. The molecule has 0 aliphatic rings. The molecule has 108 valence electrons. The molecule has 1 amide bonds. The topological polar surface area (TPSA) is 77.2 Å². The van der Waals surface area contributed by atoms with Crippen LogP contribution in [0, 0.1) is 0 Å². The van der Waals surface area contributed by atoms with E-state index in [9.17, 15) is 4.79 Å². The summed E-state index contributed by atoms with van der Waals surface area (Å²) in [5.41, 5.74) is 6.06. The van der Waals surface area contributed by atoms with E-state index in [1.54, 1.807) is 11.3 Å². The molecule has 0 atom stereocenters. The third kappa shape index (κ3) is 4.09. The van der Waals surface area contributed by atoms with Crippen molar-refractivity contribution < 1.29 is 9.53 Å². The number of rotatable bonds is 8. The molecule has 6 heteroatoms. The zero-order valence-corrected chi connectivity index (χ0v) is 12.3. The molecule has 5 nitrogen and oxygen atoms in total. The lowest BCUT2D eigenvalue weighted by atomic mass is 10.2. The molecule has 0 aliphatic heterocycles. The minimum Gasteiger partial charge on any atom is -0.494 e. The standard InChI is InChI=1S/C14H19N3O2S/c1-2-19-10-6-7-11-12(9-10)20-14(17-11)16-8-4-3-5-13(15)18/h6-7,9H,2-5,8H2,1H3,(H2,15,18)(H,16,17). The molecule has 2 aromatic rings. The molecule has 0 saturated carbocycles. The van der Waals surface area contributed by atoms with Crippen molar-refractivity contribution in [1.29, 1.82) is 0 Å². The SMILES string of the molecule is CCOc1ccc2nc(NCCCCC(N)=O)sc2c1. The van der Waals surface area contributed by atoms with Gasteiger partial charge in [0.15, 0.2) is 5.13 Å². The lowest BCUT2D eigenvalue weighted by Crippen LogP contribution is -2.10. The number of anilines is 1. The van der Waals surface area contributed by atoms with Crippen molar-refractivity contribution in [2.75, 3.05) is 18.5 Å². The minimum atomic E-state index is -0.242. The van der Waals surface area contributed by atoms with Crippen molar-refractivity contribution in [1.82, 2.24) is 4.98 Å². The zero-order chi connectivity index (χ0) is 14.4. The highest BCUT2D eigenvalue weighted by Crippen LogP contribution is 2.29. The number of ether oxygens (including phenoxy) is 1. The summed E-state index contributed by atoms with van der Waals surface area (Å²) in [5.74, 6) is 0.630. The van der Waals surface area contributed by atoms with Crippen LogP contribution >= 0.6 is 11.3 Å². The average Bonchev–Trinajstić information content (AvgIpc) is 2.80. The first kappa shape index (κ1) is 14.6. The quantitative estimate of drug-likeness (QED) is 0.734. The first-order chi connectivity index (χ1) is 9.69. The van der Waals surface area contributed by atoms with E-state index in [0.717, 1.165) is 40.5 Å². The molecular weight excluding hydrogens is 274 g/mol. The Bertz CT molecular complexity index is 583. The summed E-state index contributed by atoms with van der Waals surface area (Å²) in [5, 5.41) is 4.17. The number of nitrogens with zero attached hydrogens (tertiary/aromatic N) is 1. The molecule has 0 spiro atoms. The maximum absolute atomic E-state index is 10.6. The van der Waals surface area contributed by atoms with Crippen LogP contribution in [0.1, 0.15) is 26.2 Å². The Balaban J connectivity index is 1.89. The highest BCUT2D eigenvalue weighted by Gasteiger charge is 2.05. The normalized spacial score (nSPS) is 10.7. The molecule has 2 rings (SSSR count). The maximum atomic E-state index is 10.6. The monoisotopic (exact) mass is 293 g/mol. The summed E-state index contributed by atoms with van der Waals surface area (Å²) < 4.78 is 6.58. The van der Waals surface area contributed by atoms with E-state index < -0.39 is 0 Å². The van der Waals surface area contributed by atoms with E-state index in [1.807, 2.05) is 25.1 Å². The fraction of sp³-hybridized carbons (Fsp3) is 0.429. The third-order valence-corrected chi connectivity index (χ3v) is 3.77. The summed E-state index contributed by atoms with van der Waals surface area (Å²) in [4.78, 5) is 15.1. The van der Waals surface area contributed by atoms with Crippen LogP contribution < -0.4 is 15.8 Å². The van der Waals surface area contributed by atoms with Crippen molar-refractivity contribution >= 4 is 32.6 Å². The van der Waals surface area contributed by atoms with Gasteiger partial charge in [-0.25, -0.2) is 4.98 Å². The predicted octanol–water partition coefficient (Wildman–Crippen LogP) is 2.76. The summed E-state index contributed by atoms with van der Waals surface area (Å²) in [6.45, 7) is 3.43. The van der Waals surface area contributed by atoms with Crippen LogP contribution in [-0.4, -0.2) is 24.0 Å². The molecule has 0 aliphatic carbocycles. The van der Waals surface area contributed by atoms with Gasteiger partial charge in [0.25, 0.3) is 0 Å². The number of carbonyl (C=O) groups is 1. The van der Waals surface area contributed by atoms with E-state index >= 15 is 0 Å². The Kier molecular flexibility index (Phi) is 5.17. The van der Waals surface area contributed by atoms with Crippen molar-refractivity contribution in [2.24, 2.45) is 5.73 Å². The number of thiazole rings is 1. The fourth-order valence-corrected chi connectivity index (χ4v) is 2.78. The third-order valence-electron chi connectivity index (χ3n) is 2.80. The Labute approximate surface area is 122 Å². The molecule has 1 aromatic heterocycles. The number of hydrogen-bond acceptors (Lipinski definition) is 5. The molecule has 1 heterocycles. The number of benzene rings is 1. The first-order valence-electron chi connectivity index (χ1n) is 6.74. The number of aromatic nitrogens is 1. The van der Waals surface area contributed by atoms with Crippen LogP contribution in [0.3, 0.4) is 0 Å². The number of primary amides is 1. The molecule has 0 bridgehead atoms. The molecule has 20 heavy (non-hydrogen) atoms. The van der Waals surface area contributed by atoms with Gasteiger partial charge >= 0.3 is 0 Å². The second-order valence-electron chi connectivity index (χ2n) is 4.43. The number of unbranched alkanes of at least 4 members (excludes halogenated alkanes) is 1. The Morgan fingerprint density at radius 1 is 1.45 bits per heavy atom. The van der Waals surface area contributed by atoms with Gasteiger partial charge in [-0.2, -0.15) is 0 Å². The maximum Gasteiger partial charge on any atom is 0.217 e. The van der Waals surface area contributed by atoms with Gasteiger partial charge in [-0.1, -0.05) is 11.3 Å². The van der Waals surface area contributed by atoms with Crippen LogP contribution in [-0.2, 0) is 4.79 Å². The van der Waals surface area contributed by atoms with Gasteiger partial charge in [0.05, 0.1) is 16.8 Å². The van der Waals surface area contributed by atoms with Crippen LogP contribution in [0.15, 0.2) is 18.2 Å². The number of hydrogen-bond donors (Lipinski definition) is 2. The molecule has 0 fully saturated rings. The molecular formula is C14H19N3O2S. The largest absolute Gasteiger partial charge is 0.494 e. The second kappa shape index (κ2) is 7.09. The summed E-state index contributed by atoms with van der Waals surface area (Å²) >= 11 is 1.61. The van der Waals surface area contributed by atoms with Gasteiger partial charge in [0.1, 0.15) is 5.75 Å². The van der Waals surface area contributed by atoms with Gasteiger partial charge in [0.2, 0.25) is 5.91 Å². The van der Waals surface area contributed by atoms with E-state index in [1.165, 1.54) is 0 Å². The summed E-state index contributed by atoms with van der Waals surface area (Å²) in [7, 11) is 0. The van der Waals surface area contributed by atoms with Gasteiger partial charge < -0.3 is 15.8 Å². The Hall–Kier alpha value is -1.82. The van der Waals surface area contributed by atoms with Crippen molar-refractivity contribution in [3.05, 3.63) is 18.2 Å². The Morgan fingerprint density at radius 2 is 2.30 bits per heavy atom.